The average Bonchev–Trinajstić information content (AvgIpc) is 2.62. The third-order valence-corrected chi connectivity index (χ3v) is 2.40. The lowest BCUT2D eigenvalue weighted by molar-refractivity contribution is 0.113. The van der Waals surface area contributed by atoms with Crippen LogP contribution in [0.5, 0.6) is 0 Å². The van der Waals surface area contributed by atoms with Gasteiger partial charge in [0, 0.05) is 18.7 Å². The van der Waals surface area contributed by atoms with Gasteiger partial charge in [0.25, 0.3) is 0 Å². The van der Waals surface area contributed by atoms with Gasteiger partial charge in [-0.05, 0) is 26.2 Å². The third-order valence-electron chi connectivity index (χ3n) is 2.40. The van der Waals surface area contributed by atoms with Crippen LogP contribution in [0.1, 0.15) is 26.2 Å². The molecule has 1 aliphatic heterocycles. The van der Waals surface area contributed by atoms with Crippen LogP contribution < -0.4 is 5.32 Å². The van der Waals surface area contributed by atoms with E-state index in [0.717, 1.165) is 12.6 Å². The molecule has 0 aromatic carbocycles. The quantitative estimate of drug-likeness (QED) is 0.617. The molecule has 2 atom stereocenters. The summed E-state index contributed by atoms with van der Waals surface area (Å²) in [5, 5.41) is 3.58. The van der Waals surface area contributed by atoms with E-state index in [1.165, 1.54) is 19.3 Å². The minimum Gasteiger partial charge on any atom is -0.377 e. The molecule has 0 unspecified atom stereocenters. The predicted octanol–water partition coefficient (Wildman–Crippen LogP) is 0.916. The first-order valence-corrected chi connectivity index (χ1v) is 4.24. The SMILES string of the molecule is C[C@@H]1OCC[C@@H]1NC1CC1. The molecule has 2 heteroatoms. The molecule has 2 fully saturated rings. The van der Waals surface area contributed by atoms with Gasteiger partial charge in [-0.2, -0.15) is 0 Å². The highest BCUT2D eigenvalue weighted by atomic mass is 16.5. The third kappa shape index (κ3) is 1.32. The summed E-state index contributed by atoms with van der Waals surface area (Å²) in [6.07, 6.45) is 4.41. The second kappa shape index (κ2) is 2.51. The van der Waals surface area contributed by atoms with Gasteiger partial charge in [0.1, 0.15) is 0 Å². The van der Waals surface area contributed by atoms with Crippen LogP contribution >= 0.6 is 0 Å². The Morgan fingerprint density at radius 3 is 2.60 bits per heavy atom. The van der Waals surface area contributed by atoms with Crippen molar-refractivity contribution >= 4 is 0 Å². The van der Waals surface area contributed by atoms with Crippen LogP contribution in [0, 0.1) is 0 Å². The Morgan fingerprint density at radius 1 is 1.30 bits per heavy atom. The number of nitrogens with one attached hydrogen (secondary N) is 1. The zero-order valence-electron chi connectivity index (χ0n) is 6.47. The smallest absolute Gasteiger partial charge is 0.0700 e. The van der Waals surface area contributed by atoms with Gasteiger partial charge < -0.3 is 10.1 Å². The summed E-state index contributed by atoms with van der Waals surface area (Å²) >= 11 is 0. The standard InChI is InChI=1S/C8H15NO/c1-6-8(4-5-10-6)9-7-2-3-7/h6-9H,2-5H2,1H3/t6-,8-/m0/s1. The minimum absolute atomic E-state index is 0.445. The fourth-order valence-corrected chi connectivity index (χ4v) is 1.50. The Balaban J connectivity index is 1.79. The number of hydrogen-bond donors (Lipinski definition) is 1. The van der Waals surface area contributed by atoms with Gasteiger partial charge in [0.05, 0.1) is 6.10 Å². The van der Waals surface area contributed by atoms with Crippen molar-refractivity contribution in [1.82, 2.24) is 5.32 Å². The van der Waals surface area contributed by atoms with E-state index in [-0.39, 0.29) is 0 Å². The maximum atomic E-state index is 5.43. The topological polar surface area (TPSA) is 21.3 Å². The van der Waals surface area contributed by atoms with Gasteiger partial charge in [-0.1, -0.05) is 0 Å². The van der Waals surface area contributed by atoms with Crippen molar-refractivity contribution in [3.8, 4) is 0 Å². The monoisotopic (exact) mass is 141 g/mol. The van der Waals surface area contributed by atoms with Crippen LogP contribution in [0.3, 0.4) is 0 Å². The lowest BCUT2D eigenvalue weighted by Crippen LogP contribution is -2.36. The Kier molecular flexibility index (Phi) is 1.66. The molecule has 10 heavy (non-hydrogen) atoms. The summed E-state index contributed by atoms with van der Waals surface area (Å²) in [4.78, 5) is 0. The van der Waals surface area contributed by atoms with Crippen LogP contribution in [0.4, 0.5) is 0 Å². The highest BCUT2D eigenvalue weighted by molar-refractivity contribution is 4.89. The maximum Gasteiger partial charge on any atom is 0.0700 e. The molecule has 1 aliphatic carbocycles. The second-order valence-corrected chi connectivity index (χ2v) is 3.41. The zero-order chi connectivity index (χ0) is 6.97. The Morgan fingerprint density at radius 2 is 2.10 bits per heavy atom. The Hall–Kier alpha value is -0.0800. The fourth-order valence-electron chi connectivity index (χ4n) is 1.50. The average molecular weight is 141 g/mol. The van der Waals surface area contributed by atoms with Crippen LogP contribution in [-0.2, 0) is 4.74 Å². The first-order valence-electron chi connectivity index (χ1n) is 4.24. The summed E-state index contributed by atoms with van der Waals surface area (Å²) in [7, 11) is 0. The molecule has 2 rings (SSSR count). The van der Waals surface area contributed by atoms with Crippen LogP contribution in [0.15, 0.2) is 0 Å². The van der Waals surface area contributed by atoms with E-state index < -0.39 is 0 Å². The van der Waals surface area contributed by atoms with Crippen molar-refractivity contribution in [2.45, 2.75) is 44.4 Å². The molecule has 2 nitrogen and oxygen atoms in total. The van der Waals surface area contributed by atoms with Crippen molar-refractivity contribution in [3.05, 3.63) is 0 Å². The van der Waals surface area contributed by atoms with Gasteiger partial charge in [0.2, 0.25) is 0 Å². The van der Waals surface area contributed by atoms with Gasteiger partial charge in [-0.3, -0.25) is 0 Å². The normalized spacial score (nSPS) is 40.5. The molecule has 0 radical (unpaired) electrons. The molecule has 1 saturated heterocycles. The molecule has 58 valence electrons. The van der Waals surface area contributed by atoms with Gasteiger partial charge in [0.15, 0.2) is 0 Å². The van der Waals surface area contributed by atoms with E-state index in [0.29, 0.717) is 12.1 Å². The van der Waals surface area contributed by atoms with E-state index in [1.807, 2.05) is 0 Å². The van der Waals surface area contributed by atoms with Crippen molar-refractivity contribution < 1.29 is 4.74 Å². The molecule has 0 aromatic heterocycles. The molecule has 0 spiro atoms. The summed E-state index contributed by atoms with van der Waals surface area (Å²) < 4.78 is 5.43. The van der Waals surface area contributed by atoms with E-state index in [4.69, 9.17) is 4.74 Å². The van der Waals surface area contributed by atoms with Crippen molar-refractivity contribution in [2.75, 3.05) is 6.61 Å². The highest BCUT2D eigenvalue weighted by Gasteiger charge is 2.30. The maximum absolute atomic E-state index is 5.43. The summed E-state index contributed by atoms with van der Waals surface area (Å²) in [5.74, 6) is 0. The first kappa shape index (κ1) is 6.62. The Labute approximate surface area is 61.9 Å². The number of ether oxygens (including phenoxy) is 1. The van der Waals surface area contributed by atoms with E-state index >= 15 is 0 Å². The lowest BCUT2D eigenvalue weighted by Gasteiger charge is -2.14. The van der Waals surface area contributed by atoms with Gasteiger partial charge in [-0.25, -0.2) is 0 Å². The molecule has 0 aromatic rings. The van der Waals surface area contributed by atoms with E-state index in [2.05, 4.69) is 12.2 Å². The number of hydrogen-bond acceptors (Lipinski definition) is 2. The number of rotatable bonds is 2. The van der Waals surface area contributed by atoms with Crippen molar-refractivity contribution in [1.29, 1.82) is 0 Å². The fraction of sp³-hybridized carbons (Fsp3) is 1.00. The largest absolute Gasteiger partial charge is 0.377 e. The van der Waals surface area contributed by atoms with Gasteiger partial charge >= 0.3 is 0 Å². The molecular weight excluding hydrogens is 126 g/mol. The van der Waals surface area contributed by atoms with E-state index in [1.54, 1.807) is 0 Å². The minimum atomic E-state index is 0.445. The molecule has 0 bridgehead atoms. The highest BCUT2D eigenvalue weighted by Crippen LogP contribution is 2.23. The van der Waals surface area contributed by atoms with Crippen molar-refractivity contribution in [2.24, 2.45) is 0 Å². The van der Waals surface area contributed by atoms with Gasteiger partial charge in [-0.15, -0.1) is 0 Å². The second-order valence-electron chi connectivity index (χ2n) is 3.41. The zero-order valence-corrected chi connectivity index (χ0v) is 6.47. The molecule has 2 aliphatic rings. The van der Waals surface area contributed by atoms with E-state index in [9.17, 15) is 0 Å². The molecular formula is C8H15NO. The predicted molar refractivity (Wildman–Crippen MR) is 40.0 cm³/mol. The summed E-state index contributed by atoms with van der Waals surface area (Å²) in [6.45, 7) is 3.11. The first-order chi connectivity index (χ1) is 4.86. The van der Waals surface area contributed by atoms with Crippen LogP contribution in [0.25, 0.3) is 0 Å². The lowest BCUT2D eigenvalue weighted by atomic mass is 10.1. The molecule has 0 amide bonds. The molecule has 1 saturated carbocycles. The summed E-state index contributed by atoms with van der Waals surface area (Å²) in [6, 6.07) is 1.47. The summed E-state index contributed by atoms with van der Waals surface area (Å²) in [5.41, 5.74) is 0. The van der Waals surface area contributed by atoms with Crippen molar-refractivity contribution in [3.63, 3.8) is 0 Å². The Bertz CT molecular complexity index is 122. The molecule has 1 heterocycles. The van der Waals surface area contributed by atoms with Crippen LogP contribution in [0.2, 0.25) is 0 Å². The van der Waals surface area contributed by atoms with Crippen LogP contribution in [-0.4, -0.2) is 24.8 Å². The molecule has 1 N–H and O–H groups in total.